The minimum Gasteiger partial charge on any atom is -0.491 e. The van der Waals surface area contributed by atoms with Gasteiger partial charge in [-0.1, -0.05) is 0 Å². The molecule has 3 aromatic rings. The number of hydrogen-bond donors (Lipinski definition) is 0. The molecule has 0 aliphatic carbocycles. The van der Waals surface area contributed by atoms with Crippen LogP contribution in [0.2, 0.25) is 0 Å². The topological polar surface area (TPSA) is 68.6 Å². The quantitative estimate of drug-likeness (QED) is 0.309. The third-order valence-corrected chi connectivity index (χ3v) is 8.20. The maximum atomic E-state index is 14.7. The molecule has 9 heteroatoms. The monoisotopic (exact) mass is 570 g/mol. The van der Waals surface area contributed by atoms with E-state index in [0.29, 0.717) is 18.7 Å². The minimum atomic E-state index is -3.98. The van der Waals surface area contributed by atoms with E-state index in [1.807, 2.05) is 36.7 Å². The highest BCUT2D eigenvalue weighted by Crippen LogP contribution is 2.37. The Kier molecular flexibility index (Phi) is 6.60. The van der Waals surface area contributed by atoms with Crippen molar-refractivity contribution < 1.29 is 22.3 Å². The lowest BCUT2D eigenvalue weighted by Gasteiger charge is -2.18. The number of nitrogens with zero attached hydrogens (tertiary/aromatic N) is 2. The zero-order valence-corrected chi connectivity index (χ0v) is 20.8. The molecular formula is C23H24FIN2O4S. The van der Waals surface area contributed by atoms with Gasteiger partial charge in [-0.15, -0.1) is 0 Å². The number of ether oxygens (including phenoxy) is 1. The van der Waals surface area contributed by atoms with Crippen molar-refractivity contribution in [3.63, 3.8) is 0 Å². The molecule has 32 heavy (non-hydrogen) atoms. The van der Waals surface area contributed by atoms with Gasteiger partial charge in [0.15, 0.2) is 0 Å². The molecule has 1 aliphatic rings. The first-order chi connectivity index (χ1) is 15.2. The van der Waals surface area contributed by atoms with Crippen LogP contribution in [0.1, 0.15) is 31.7 Å². The molecule has 0 spiro atoms. The fraction of sp³-hybridized carbons (Fsp3) is 0.348. The molecule has 1 unspecified atom stereocenters. The molecule has 1 aromatic heterocycles. The lowest BCUT2D eigenvalue weighted by atomic mass is 9.98. The molecule has 1 atom stereocenters. The molecule has 1 fully saturated rings. The molecule has 0 saturated carbocycles. The zero-order chi connectivity index (χ0) is 23.0. The van der Waals surface area contributed by atoms with Crippen molar-refractivity contribution in [1.29, 1.82) is 0 Å². The van der Waals surface area contributed by atoms with E-state index in [9.17, 15) is 17.6 Å². The number of aldehydes is 1. The van der Waals surface area contributed by atoms with Gasteiger partial charge in [-0.3, -0.25) is 0 Å². The Bertz CT molecular complexity index is 1270. The molecule has 1 saturated heterocycles. The molecule has 6 nitrogen and oxygen atoms in total. The molecule has 1 aliphatic heterocycles. The maximum absolute atomic E-state index is 14.7. The van der Waals surface area contributed by atoms with E-state index in [-0.39, 0.29) is 30.0 Å². The van der Waals surface area contributed by atoms with Crippen molar-refractivity contribution in [3.05, 3.63) is 57.5 Å². The van der Waals surface area contributed by atoms with E-state index in [0.717, 1.165) is 32.4 Å². The summed E-state index contributed by atoms with van der Waals surface area (Å²) in [6.07, 6.45) is 3.28. The fourth-order valence-corrected chi connectivity index (χ4v) is 6.27. The van der Waals surface area contributed by atoms with Gasteiger partial charge in [-0.2, -0.15) is 4.31 Å². The van der Waals surface area contributed by atoms with Crippen molar-refractivity contribution in [2.45, 2.75) is 43.7 Å². The van der Waals surface area contributed by atoms with Gasteiger partial charge >= 0.3 is 0 Å². The summed E-state index contributed by atoms with van der Waals surface area (Å²) >= 11 is 2.24. The summed E-state index contributed by atoms with van der Waals surface area (Å²) in [7, 11) is -3.98. The Morgan fingerprint density at radius 3 is 2.72 bits per heavy atom. The van der Waals surface area contributed by atoms with Crippen molar-refractivity contribution in [2.75, 3.05) is 13.1 Å². The number of sulfonamides is 1. The second-order valence-electron chi connectivity index (χ2n) is 8.17. The normalized spacial score (nSPS) is 17.3. The first kappa shape index (κ1) is 23.2. The molecule has 2 heterocycles. The number of benzene rings is 2. The minimum absolute atomic E-state index is 0.0371. The number of aromatic nitrogens is 1. The molecular weight excluding hydrogens is 546 g/mol. The van der Waals surface area contributed by atoms with Gasteiger partial charge in [-0.25, -0.2) is 12.8 Å². The predicted molar refractivity (Wildman–Crippen MR) is 129 cm³/mol. The van der Waals surface area contributed by atoms with Gasteiger partial charge in [0, 0.05) is 45.7 Å². The number of halogens is 2. The van der Waals surface area contributed by atoms with Gasteiger partial charge in [0.2, 0.25) is 10.0 Å². The smallest absolute Gasteiger partial charge is 0.246 e. The van der Waals surface area contributed by atoms with E-state index in [1.165, 1.54) is 16.4 Å². The van der Waals surface area contributed by atoms with Crippen LogP contribution in [0.4, 0.5) is 4.39 Å². The zero-order valence-electron chi connectivity index (χ0n) is 17.8. The fourth-order valence-electron chi connectivity index (χ4n) is 4.23. The van der Waals surface area contributed by atoms with Crippen molar-refractivity contribution in [1.82, 2.24) is 8.87 Å². The highest BCUT2D eigenvalue weighted by Gasteiger charge is 2.36. The van der Waals surface area contributed by atoms with Gasteiger partial charge in [-0.05, 0) is 78.8 Å². The van der Waals surface area contributed by atoms with Gasteiger partial charge in [0.1, 0.15) is 22.7 Å². The molecule has 2 aromatic carbocycles. The summed E-state index contributed by atoms with van der Waals surface area (Å²) in [5, 5.41) is 1.02. The average Bonchev–Trinajstić information content (AvgIpc) is 3.33. The van der Waals surface area contributed by atoms with Crippen LogP contribution in [0, 0.1) is 9.39 Å². The summed E-state index contributed by atoms with van der Waals surface area (Å²) < 4.78 is 50.8. The second kappa shape index (κ2) is 9.11. The molecule has 4 rings (SSSR count). The summed E-state index contributed by atoms with van der Waals surface area (Å²) in [5.74, 6) is -0.554. The molecule has 0 N–H and O–H groups in total. The van der Waals surface area contributed by atoms with E-state index in [4.69, 9.17) is 4.74 Å². The van der Waals surface area contributed by atoms with Crippen LogP contribution in [0.3, 0.4) is 0 Å². The van der Waals surface area contributed by atoms with Crippen LogP contribution in [-0.4, -0.2) is 42.8 Å². The van der Waals surface area contributed by atoms with Crippen LogP contribution in [0.5, 0.6) is 5.75 Å². The van der Waals surface area contributed by atoms with Crippen LogP contribution < -0.4 is 4.74 Å². The molecule has 0 radical (unpaired) electrons. The average molecular weight is 570 g/mol. The van der Waals surface area contributed by atoms with Crippen LogP contribution in [0.15, 0.2) is 47.5 Å². The lowest BCUT2D eigenvalue weighted by molar-refractivity contribution is -0.108. The predicted octanol–water partition coefficient (Wildman–Crippen LogP) is 4.55. The largest absolute Gasteiger partial charge is 0.491 e. The van der Waals surface area contributed by atoms with E-state index < -0.39 is 15.8 Å². The van der Waals surface area contributed by atoms with Crippen molar-refractivity contribution in [3.8, 4) is 5.75 Å². The first-order valence-electron chi connectivity index (χ1n) is 10.4. The lowest BCUT2D eigenvalue weighted by Crippen LogP contribution is -2.29. The molecule has 0 bridgehead atoms. The number of rotatable bonds is 7. The Labute approximate surface area is 200 Å². The number of hydrogen-bond acceptors (Lipinski definition) is 4. The summed E-state index contributed by atoms with van der Waals surface area (Å²) in [5.41, 5.74) is 1.96. The third-order valence-electron chi connectivity index (χ3n) is 5.63. The van der Waals surface area contributed by atoms with E-state index in [2.05, 4.69) is 28.7 Å². The number of fused-ring (bicyclic) bond motifs is 1. The van der Waals surface area contributed by atoms with Crippen LogP contribution in [0.25, 0.3) is 10.9 Å². The van der Waals surface area contributed by atoms with Crippen molar-refractivity contribution in [2.24, 2.45) is 0 Å². The number of carbonyl (C=O) groups is 1. The second-order valence-corrected chi connectivity index (χ2v) is 11.3. The van der Waals surface area contributed by atoms with Crippen LogP contribution >= 0.6 is 22.6 Å². The van der Waals surface area contributed by atoms with E-state index >= 15 is 0 Å². The van der Waals surface area contributed by atoms with Crippen molar-refractivity contribution >= 4 is 49.8 Å². The highest BCUT2D eigenvalue weighted by molar-refractivity contribution is 14.1. The third kappa shape index (κ3) is 4.42. The Balaban J connectivity index is 1.62. The summed E-state index contributed by atoms with van der Waals surface area (Å²) in [6.45, 7) is 4.45. The Morgan fingerprint density at radius 2 is 2.03 bits per heavy atom. The standard InChI is InChI=1S/C23H24FIN2O4S/c1-15(2)31-18-4-6-23(21(24)12-18)32(29,30)27-8-7-16(13-27)20-14-26(9-10-28)22-5-3-17(25)11-19(20)22/h3-6,10-12,14-16H,7-9,13H2,1-2H3. The van der Waals surface area contributed by atoms with Gasteiger partial charge in [0.05, 0.1) is 12.6 Å². The first-order valence-corrected chi connectivity index (χ1v) is 12.9. The van der Waals surface area contributed by atoms with Crippen LogP contribution in [-0.2, 0) is 21.4 Å². The van der Waals surface area contributed by atoms with E-state index in [1.54, 1.807) is 0 Å². The highest BCUT2D eigenvalue weighted by atomic mass is 127. The van der Waals surface area contributed by atoms with Gasteiger partial charge < -0.3 is 14.1 Å². The molecule has 170 valence electrons. The summed E-state index contributed by atoms with van der Waals surface area (Å²) in [6, 6.07) is 9.89. The number of carbonyl (C=O) groups excluding carboxylic acids is 1. The summed E-state index contributed by atoms with van der Waals surface area (Å²) in [4.78, 5) is 10.8. The Morgan fingerprint density at radius 1 is 1.25 bits per heavy atom. The SMILES string of the molecule is CC(C)Oc1ccc(S(=O)(=O)N2CCC(c3cn(CC=O)c4ccc(I)cc34)C2)c(F)c1. The van der Waals surface area contributed by atoms with Gasteiger partial charge in [0.25, 0.3) is 0 Å². The molecule has 0 amide bonds. The Hall–Kier alpha value is -1.98. The maximum Gasteiger partial charge on any atom is 0.246 e.